The van der Waals surface area contributed by atoms with Crippen molar-refractivity contribution in [2.75, 3.05) is 18.6 Å². The fourth-order valence-electron chi connectivity index (χ4n) is 3.88. The van der Waals surface area contributed by atoms with Crippen LogP contribution in [0.25, 0.3) is 0 Å². The molecule has 0 saturated carbocycles. The molecule has 0 aliphatic carbocycles. The second kappa shape index (κ2) is 5.38. The van der Waals surface area contributed by atoms with Gasteiger partial charge in [-0.15, -0.1) is 0 Å². The Morgan fingerprint density at radius 3 is 2.96 bits per heavy atom. The summed E-state index contributed by atoms with van der Waals surface area (Å²) in [6.45, 7) is 2.82. The molecule has 3 unspecified atom stereocenters. The van der Waals surface area contributed by atoms with Gasteiger partial charge in [0.2, 0.25) is 6.17 Å². The molecule has 3 atom stereocenters. The van der Waals surface area contributed by atoms with E-state index in [1.807, 2.05) is 37.3 Å². The Morgan fingerprint density at radius 2 is 2.22 bits per heavy atom. The molecule has 2 saturated heterocycles. The van der Waals surface area contributed by atoms with E-state index in [9.17, 15) is 4.79 Å². The molecule has 1 aromatic carbocycles. The summed E-state index contributed by atoms with van der Waals surface area (Å²) in [5, 5.41) is 4.08. The van der Waals surface area contributed by atoms with Crippen LogP contribution in [0.4, 0.5) is 5.82 Å². The van der Waals surface area contributed by atoms with E-state index in [0.29, 0.717) is 11.6 Å². The number of carbonyl (C=O) groups excluding carboxylic acids is 1. The summed E-state index contributed by atoms with van der Waals surface area (Å²) in [6.07, 6.45) is 1.88. The quantitative estimate of drug-likeness (QED) is 0.921. The van der Waals surface area contributed by atoms with E-state index in [1.54, 1.807) is 12.0 Å². The van der Waals surface area contributed by atoms with E-state index in [0.717, 1.165) is 30.7 Å². The number of nitrogens with one attached hydrogen (secondary N) is 1. The van der Waals surface area contributed by atoms with Crippen LogP contribution >= 0.6 is 0 Å². The average molecular weight is 314 g/mol. The number of anilines is 1. The van der Waals surface area contributed by atoms with Crippen molar-refractivity contribution in [2.24, 2.45) is 0 Å². The van der Waals surface area contributed by atoms with Gasteiger partial charge in [0.15, 0.2) is 11.9 Å². The van der Waals surface area contributed by atoms with Crippen molar-refractivity contribution < 1.29 is 19.0 Å². The van der Waals surface area contributed by atoms with Crippen molar-refractivity contribution >= 4 is 11.7 Å². The third-order valence-electron chi connectivity index (χ3n) is 4.85. The third-order valence-corrected chi connectivity index (χ3v) is 4.85. The summed E-state index contributed by atoms with van der Waals surface area (Å²) in [4.78, 5) is 16.0. The van der Waals surface area contributed by atoms with Crippen LogP contribution in [-0.4, -0.2) is 30.8 Å². The molecule has 6 nitrogen and oxygen atoms in total. The molecular formula is C17H20N3O3+. The van der Waals surface area contributed by atoms with E-state index < -0.39 is 0 Å². The summed E-state index contributed by atoms with van der Waals surface area (Å²) in [5.74, 6) is 2.22. The van der Waals surface area contributed by atoms with Crippen molar-refractivity contribution in [3.63, 3.8) is 0 Å². The standard InChI is InChI=1S/C17H19N3O3/c1-11-10-15(18-23-11)20-16(12-6-3-4-8-14(12)22-2)19-9-5-7-13(19)17(20)21/h3-4,6,8,10,13,16H,5,7,9H2,1-2H3/p+1. The van der Waals surface area contributed by atoms with Gasteiger partial charge in [-0.1, -0.05) is 17.3 Å². The Morgan fingerprint density at radius 1 is 1.39 bits per heavy atom. The zero-order valence-corrected chi connectivity index (χ0v) is 13.3. The number of ether oxygens (including phenoxy) is 1. The lowest BCUT2D eigenvalue weighted by atomic mass is 10.1. The fraction of sp³-hybridized carbons (Fsp3) is 0.412. The molecule has 1 N–H and O–H groups in total. The summed E-state index contributed by atoms with van der Waals surface area (Å²) in [5.41, 5.74) is 1.02. The Labute approximate surface area is 134 Å². The molecule has 2 aromatic rings. The van der Waals surface area contributed by atoms with Crippen molar-refractivity contribution in [3.05, 3.63) is 41.7 Å². The van der Waals surface area contributed by atoms with Gasteiger partial charge < -0.3 is 14.2 Å². The highest BCUT2D eigenvalue weighted by Gasteiger charge is 2.55. The summed E-state index contributed by atoms with van der Waals surface area (Å²) in [7, 11) is 1.66. The highest BCUT2D eigenvalue weighted by Crippen LogP contribution is 2.34. The van der Waals surface area contributed by atoms with Gasteiger partial charge in [0, 0.05) is 18.9 Å². The van der Waals surface area contributed by atoms with E-state index in [1.165, 1.54) is 4.90 Å². The number of amides is 1. The van der Waals surface area contributed by atoms with Gasteiger partial charge in [-0.25, -0.2) is 4.90 Å². The molecule has 4 rings (SSSR count). The number of methoxy groups -OCH3 is 1. The lowest BCUT2D eigenvalue weighted by Crippen LogP contribution is -3.12. The molecule has 0 bridgehead atoms. The van der Waals surface area contributed by atoms with Gasteiger partial charge >= 0.3 is 0 Å². The first-order valence-corrected chi connectivity index (χ1v) is 7.95. The summed E-state index contributed by atoms with van der Waals surface area (Å²) < 4.78 is 10.7. The monoisotopic (exact) mass is 314 g/mol. The smallest absolute Gasteiger partial charge is 0.291 e. The highest BCUT2D eigenvalue weighted by atomic mass is 16.5. The number of aromatic nitrogens is 1. The third kappa shape index (κ3) is 2.13. The Kier molecular flexibility index (Phi) is 3.34. The minimum atomic E-state index is -0.115. The molecule has 2 fully saturated rings. The van der Waals surface area contributed by atoms with Crippen molar-refractivity contribution in [3.8, 4) is 5.75 Å². The van der Waals surface area contributed by atoms with E-state index in [-0.39, 0.29) is 18.1 Å². The van der Waals surface area contributed by atoms with Gasteiger partial charge in [0.05, 0.1) is 19.2 Å². The number of carbonyl (C=O) groups is 1. The van der Waals surface area contributed by atoms with Crippen LogP contribution in [-0.2, 0) is 4.79 Å². The normalized spacial score (nSPS) is 26.6. The number of quaternary nitrogens is 1. The van der Waals surface area contributed by atoms with Crippen LogP contribution in [0.15, 0.2) is 34.9 Å². The maximum atomic E-state index is 13.0. The maximum Gasteiger partial charge on any atom is 0.291 e. The van der Waals surface area contributed by atoms with Crippen LogP contribution in [0.1, 0.15) is 30.3 Å². The van der Waals surface area contributed by atoms with Crippen molar-refractivity contribution in [1.29, 1.82) is 0 Å². The average Bonchev–Trinajstić information content (AvgIpc) is 3.25. The largest absolute Gasteiger partial charge is 0.496 e. The number of benzene rings is 1. The first-order valence-electron chi connectivity index (χ1n) is 7.95. The van der Waals surface area contributed by atoms with Crippen LogP contribution in [0, 0.1) is 6.92 Å². The highest BCUT2D eigenvalue weighted by molar-refractivity contribution is 5.97. The fourth-order valence-corrected chi connectivity index (χ4v) is 3.88. The molecule has 2 aliphatic heterocycles. The minimum Gasteiger partial charge on any atom is -0.496 e. The van der Waals surface area contributed by atoms with Crippen molar-refractivity contribution in [1.82, 2.24) is 5.16 Å². The van der Waals surface area contributed by atoms with Gasteiger partial charge in [-0.3, -0.25) is 4.79 Å². The Bertz CT molecular complexity index is 742. The number of rotatable bonds is 3. The molecule has 120 valence electrons. The molecule has 1 aromatic heterocycles. The number of para-hydroxylation sites is 1. The second-order valence-corrected chi connectivity index (χ2v) is 6.17. The predicted molar refractivity (Wildman–Crippen MR) is 83.3 cm³/mol. The lowest BCUT2D eigenvalue weighted by Gasteiger charge is -2.25. The van der Waals surface area contributed by atoms with Gasteiger partial charge in [0.1, 0.15) is 11.5 Å². The first kappa shape index (κ1) is 14.3. The zero-order valence-electron chi connectivity index (χ0n) is 13.3. The van der Waals surface area contributed by atoms with E-state index >= 15 is 0 Å². The topological polar surface area (TPSA) is 60.0 Å². The Hall–Kier alpha value is -2.34. The lowest BCUT2D eigenvalue weighted by molar-refractivity contribution is -0.924. The Balaban J connectivity index is 1.84. The van der Waals surface area contributed by atoms with Gasteiger partial charge in [-0.2, -0.15) is 0 Å². The molecule has 2 aliphatic rings. The number of fused-ring (bicyclic) bond motifs is 1. The van der Waals surface area contributed by atoms with Crippen LogP contribution in [0.2, 0.25) is 0 Å². The van der Waals surface area contributed by atoms with Gasteiger partial charge in [-0.05, 0) is 19.1 Å². The first-order chi connectivity index (χ1) is 11.2. The molecule has 0 spiro atoms. The zero-order chi connectivity index (χ0) is 16.0. The van der Waals surface area contributed by atoms with Crippen LogP contribution in [0.3, 0.4) is 0 Å². The molecule has 3 heterocycles. The summed E-state index contributed by atoms with van der Waals surface area (Å²) in [6, 6.07) is 9.72. The molecular weight excluding hydrogens is 294 g/mol. The minimum absolute atomic E-state index is 0.00178. The predicted octanol–water partition coefficient (Wildman–Crippen LogP) is 1.08. The van der Waals surface area contributed by atoms with Crippen LogP contribution in [0.5, 0.6) is 5.75 Å². The van der Waals surface area contributed by atoms with E-state index in [2.05, 4.69) is 5.16 Å². The molecule has 6 heteroatoms. The van der Waals surface area contributed by atoms with Crippen molar-refractivity contribution in [2.45, 2.75) is 32.0 Å². The number of hydrogen-bond acceptors (Lipinski definition) is 4. The number of nitrogens with zero attached hydrogens (tertiary/aromatic N) is 2. The van der Waals surface area contributed by atoms with Gasteiger partial charge in [0.25, 0.3) is 5.91 Å². The molecule has 1 amide bonds. The number of hydrogen-bond donors (Lipinski definition) is 1. The number of aryl methyl sites for hydroxylation is 1. The molecule has 23 heavy (non-hydrogen) atoms. The molecule has 0 radical (unpaired) electrons. The second-order valence-electron chi connectivity index (χ2n) is 6.17. The SMILES string of the molecule is COc1ccccc1C1N(c2cc(C)on2)C(=O)C2CCC[NH+]21. The maximum absolute atomic E-state index is 13.0. The summed E-state index contributed by atoms with van der Waals surface area (Å²) >= 11 is 0. The van der Waals surface area contributed by atoms with E-state index in [4.69, 9.17) is 9.26 Å². The van der Waals surface area contributed by atoms with Crippen LogP contribution < -0.4 is 14.5 Å².